The first-order valence-electron chi connectivity index (χ1n) is 4.67. The van der Waals surface area contributed by atoms with Crippen molar-refractivity contribution < 1.29 is 0 Å². The molecular formula is C11H22. The lowest BCUT2D eigenvalue weighted by atomic mass is 9.98. The Labute approximate surface area is 71.7 Å². The molecular weight excluding hydrogens is 132 g/mol. The van der Waals surface area contributed by atoms with Gasteiger partial charge in [0, 0.05) is 0 Å². The molecule has 0 radical (unpaired) electrons. The van der Waals surface area contributed by atoms with Crippen LogP contribution in [0.25, 0.3) is 0 Å². The average Bonchev–Trinajstić information content (AvgIpc) is 1.82. The summed E-state index contributed by atoms with van der Waals surface area (Å²) in [4.78, 5) is 0. The van der Waals surface area contributed by atoms with Gasteiger partial charge in [-0.2, -0.15) is 0 Å². The molecule has 0 aromatic carbocycles. The van der Waals surface area contributed by atoms with Gasteiger partial charge in [-0.05, 0) is 32.1 Å². The van der Waals surface area contributed by atoms with Crippen LogP contribution in [-0.4, -0.2) is 0 Å². The van der Waals surface area contributed by atoms with Crippen molar-refractivity contribution in [3.63, 3.8) is 0 Å². The molecule has 0 rings (SSSR count). The van der Waals surface area contributed by atoms with Crippen LogP contribution in [0.4, 0.5) is 0 Å². The molecule has 0 saturated heterocycles. The Hall–Kier alpha value is -0.260. The van der Waals surface area contributed by atoms with E-state index in [1.165, 1.54) is 18.4 Å². The first kappa shape index (κ1) is 10.7. The number of hydrogen-bond donors (Lipinski definition) is 0. The second kappa shape index (κ2) is 5.40. The number of hydrogen-bond acceptors (Lipinski definition) is 0. The van der Waals surface area contributed by atoms with Crippen molar-refractivity contribution in [2.24, 2.45) is 11.8 Å². The number of allylic oxidation sites excluding steroid dienone is 2. The van der Waals surface area contributed by atoms with E-state index < -0.39 is 0 Å². The van der Waals surface area contributed by atoms with Gasteiger partial charge in [0.1, 0.15) is 0 Å². The highest BCUT2D eigenvalue weighted by atomic mass is 14.1. The summed E-state index contributed by atoms with van der Waals surface area (Å²) in [5.41, 5.74) is 1.45. The highest BCUT2D eigenvalue weighted by Crippen LogP contribution is 2.13. The summed E-state index contributed by atoms with van der Waals surface area (Å²) < 4.78 is 0. The third-order valence-electron chi connectivity index (χ3n) is 1.82. The molecule has 0 aromatic rings. The molecule has 66 valence electrons. The average molecular weight is 154 g/mol. The van der Waals surface area contributed by atoms with Gasteiger partial charge in [0.05, 0.1) is 0 Å². The monoisotopic (exact) mass is 154 g/mol. The van der Waals surface area contributed by atoms with E-state index in [-0.39, 0.29) is 0 Å². The van der Waals surface area contributed by atoms with Crippen LogP contribution in [0.15, 0.2) is 11.6 Å². The Kier molecular flexibility index (Phi) is 5.27. The van der Waals surface area contributed by atoms with Gasteiger partial charge in [0.2, 0.25) is 0 Å². The van der Waals surface area contributed by atoms with E-state index in [1.807, 2.05) is 0 Å². The zero-order valence-electron chi connectivity index (χ0n) is 8.65. The first-order valence-corrected chi connectivity index (χ1v) is 4.67. The van der Waals surface area contributed by atoms with Gasteiger partial charge in [0.25, 0.3) is 0 Å². The Balaban J connectivity index is 3.53. The maximum absolute atomic E-state index is 2.36. The van der Waals surface area contributed by atoms with E-state index in [9.17, 15) is 0 Å². The summed E-state index contributed by atoms with van der Waals surface area (Å²) in [6.07, 6.45) is 5.05. The van der Waals surface area contributed by atoms with Gasteiger partial charge < -0.3 is 0 Å². The molecule has 0 N–H and O–H groups in total. The molecule has 11 heavy (non-hydrogen) atoms. The predicted octanol–water partition coefficient (Wildman–Crippen LogP) is 4.02. The zero-order valence-corrected chi connectivity index (χ0v) is 8.65. The molecule has 1 atom stereocenters. The van der Waals surface area contributed by atoms with E-state index in [0.29, 0.717) is 0 Å². The van der Waals surface area contributed by atoms with Gasteiger partial charge in [-0.15, -0.1) is 0 Å². The fourth-order valence-electron chi connectivity index (χ4n) is 1.25. The molecule has 0 amide bonds. The van der Waals surface area contributed by atoms with E-state index in [4.69, 9.17) is 0 Å². The maximum Gasteiger partial charge on any atom is -0.0259 e. The summed E-state index contributed by atoms with van der Waals surface area (Å²) in [5.74, 6) is 1.62. The second-order valence-corrected chi connectivity index (χ2v) is 4.19. The molecule has 0 aliphatic heterocycles. The standard InChI is InChI=1S/C11H22/c1-9(2)6-7-11(5)8-10(3)4/h8-9,11H,6-7H2,1-5H3. The Morgan fingerprint density at radius 3 is 2.00 bits per heavy atom. The molecule has 0 aromatic heterocycles. The van der Waals surface area contributed by atoms with E-state index in [0.717, 1.165) is 11.8 Å². The van der Waals surface area contributed by atoms with Crippen molar-refractivity contribution in [2.45, 2.75) is 47.5 Å². The summed E-state index contributed by atoms with van der Waals surface area (Å²) in [6.45, 7) is 11.2. The maximum atomic E-state index is 2.36. The van der Waals surface area contributed by atoms with E-state index >= 15 is 0 Å². The van der Waals surface area contributed by atoms with Crippen LogP contribution in [0.2, 0.25) is 0 Å². The molecule has 0 fully saturated rings. The normalized spacial score (nSPS) is 13.3. The van der Waals surface area contributed by atoms with Crippen molar-refractivity contribution in [1.82, 2.24) is 0 Å². The van der Waals surface area contributed by atoms with Crippen LogP contribution < -0.4 is 0 Å². The lowest BCUT2D eigenvalue weighted by Crippen LogP contribution is -1.94. The lowest BCUT2D eigenvalue weighted by Gasteiger charge is -2.08. The SMILES string of the molecule is CC(C)=CC(C)CCC(C)C. The summed E-state index contributed by atoms with van der Waals surface area (Å²) in [6, 6.07) is 0. The van der Waals surface area contributed by atoms with Crippen LogP contribution in [0.3, 0.4) is 0 Å². The summed E-state index contributed by atoms with van der Waals surface area (Å²) >= 11 is 0. The molecule has 0 aliphatic carbocycles. The van der Waals surface area contributed by atoms with E-state index in [1.54, 1.807) is 0 Å². The Bertz CT molecular complexity index is 116. The molecule has 0 aliphatic rings. The lowest BCUT2D eigenvalue weighted by molar-refractivity contribution is 0.501. The highest BCUT2D eigenvalue weighted by Gasteiger charge is 1.99. The Morgan fingerprint density at radius 2 is 1.64 bits per heavy atom. The molecule has 0 heterocycles. The van der Waals surface area contributed by atoms with Crippen LogP contribution in [0.1, 0.15) is 47.5 Å². The van der Waals surface area contributed by atoms with Crippen LogP contribution >= 0.6 is 0 Å². The Morgan fingerprint density at radius 1 is 1.09 bits per heavy atom. The predicted molar refractivity (Wildman–Crippen MR) is 52.7 cm³/mol. The van der Waals surface area contributed by atoms with Crippen molar-refractivity contribution in [2.75, 3.05) is 0 Å². The molecule has 0 heteroatoms. The molecule has 1 unspecified atom stereocenters. The summed E-state index contributed by atoms with van der Waals surface area (Å²) in [5, 5.41) is 0. The van der Waals surface area contributed by atoms with Gasteiger partial charge in [-0.3, -0.25) is 0 Å². The van der Waals surface area contributed by atoms with Crippen LogP contribution in [-0.2, 0) is 0 Å². The van der Waals surface area contributed by atoms with Crippen molar-refractivity contribution in [3.05, 3.63) is 11.6 Å². The number of rotatable bonds is 4. The van der Waals surface area contributed by atoms with E-state index in [2.05, 4.69) is 40.7 Å². The van der Waals surface area contributed by atoms with Crippen molar-refractivity contribution in [1.29, 1.82) is 0 Å². The first-order chi connectivity index (χ1) is 5.02. The molecule has 0 saturated carbocycles. The van der Waals surface area contributed by atoms with Gasteiger partial charge in [-0.1, -0.05) is 38.8 Å². The molecule has 0 bridgehead atoms. The summed E-state index contributed by atoms with van der Waals surface area (Å²) in [7, 11) is 0. The zero-order chi connectivity index (χ0) is 8.85. The van der Waals surface area contributed by atoms with Crippen molar-refractivity contribution in [3.8, 4) is 0 Å². The topological polar surface area (TPSA) is 0 Å². The third kappa shape index (κ3) is 7.64. The van der Waals surface area contributed by atoms with Gasteiger partial charge >= 0.3 is 0 Å². The third-order valence-corrected chi connectivity index (χ3v) is 1.82. The smallest absolute Gasteiger partial charge is 0.0259 e. The van der Waals surface area contributed by atoms with Gasteiger partial charge in [-0.25, -0.2) is 0 Å². The minimum Gasteiger partial charge on any atom is -0.0830 e. The van der Waals surface area contributed by atoms with Crippen LogP contribution in [0.5, 0.6) is 0 Å². The van der Waals surface area contributed by atoms with Gasteiger partial charge in [0.15, 0.2) is 0 Å². The fraction of sp³-hybridized carbons (Fsp3) is 0.818. The minimum absolute atomic E-state index is 0.766. The molecule has 0 nitrogen and oxygen atoms in total. The largest absolute Gasteiger partial charge is 0.0830 e. The second-order valence-electron chi connectivity index (χ2n) is 4.19. The molecule has 0 spiro atoms. The van der Waals surface area contributed by atoms with Crippen molar-refractivity contribution >= 4 is 0 Å². The minimum atomic E-state index is 0.766. The fourth-order valence-corrected chi connectivity index (χ4v) is 1.25. The quantitative estimate of drug-likeness (QED) is 0.536. The highest BCUT2D eigenvalue weighted by molar-refractivity contribution is 4.95. The van der Waals surface area contributed by atoms with Crippen LogP contribution in [0, 0.1) is 11.8 Å².